The fourth-order valence-electron chi connectivity index (χ4n) is 2.93. The van der Waals surface area contributed by atoms with Crippen molar-refractivity contribution in [2.45, 2.75) is 16.2 Å². The van der Waals surface area contributed by atoms with Crippen molar-refractivity contribution in [1.29, 1.82) is 0 Å². The summed E-state index contributed by atoms with van der Waals surface area (Å²) >= 11 is 1.81. The van der Waals surface area contributed by atoms with Gasteiger partial charge in [-0.15, -0.1) is 12.4 Å². The molecule has 0 bridgehead atoms. The first-order valence-electron chi connectivity index (χ1n) is 8.89. The number of anilines is 2. The summed E-state index contributed by atoms with van der Waals surface area (Å²) in [7, 11) is 1.65. The number of fused-ring (bicyclic) bond motifs is 2. The summed E-state index contributed by atoms with van der Waals surface area (Å²) in [5.74, 6) is 0.0242. The standard InChI is InChI=1S/C20H25N3O2S.ClH/c1-25-14-12-21-15-20(24)22-11-6-13-23-16-7-2-4-9-18(16)26-19-10-5-3-8-17(19)23;/h2-5,7-10,21H,6,11-15H2,1H3,(H,22,24);1H. The first kappa shape index (κ1) is 21.6. The first-order chi connectivity index (χ1) is 12.8. The molecule has 27 heavy (non-hydrogen) atoms. The van der Waals surface area contributed by atoms with E-state index >= 15 is 0 Å². The minimum absolute atomic E-state index is 0. The summed E-state index contributed by atoms with van der Waals surface area (Å²) in [6.45, 7) is 3.15. The number of carbonyl (C=O) groups excluding carboxylic acids is 1. The van der Waals surface area contributed by atoms with Gasteiger partial charge in [-0.05, 0) is 30.7 Å². The van der Waals surface area contributed by atoms with Gasteiger partial charge in [0.1, 0.15) is 0 Å². The van der Waals surface area contributed by atoms with Crippen molar-refractivity contribution in [2.75, 3.05) is 44.8 Å². The molecule has 1 amide bonds. The van der Waals surface area contributed by atoms with Gasteiger partial charge in [0.25, 0.3) is 0 Å². The van der Waals surface area contributed by atoms with Gasteiger partial charge in [-0.25, -0.2) is 0 Å². The average Bonchev–Trinajstić information content (AvgIpc) is 2.67. The Labute approximate surface area is 171 Å². The molecule has 0 saturated carbocycles. The Balaban J connectivity index is 0.00000261. The third kappa shape index (κ3) is 5.87. The zero-order chi connectivity index (χ0) is 18.2. The number of methoxy groups -OCH3 is 1. The van der Waals surface area contributed by atoms with Crippen LogP contribution in [0.5, 0.6) is 0 Å². The Morgan fingerprint density at radius 2 is 1.67 bits per heavy atom. The lowest BCUT2D eigenvalue weighted by Gasteiger charge is -2.32. The fraction of sp³-hybridized carbons (Fsp3) is 0.350. The van der Waals surface area contributed by atoms with Gasteiger partial charge in [-0.2, -0.15) is 0 Å². The Morgan fingerprint density at radius 3 is 2.30 bits per heavy atom. The number of hydrogen-bond acceptors (Lipinski definition) is 5. The van der Waals surface area contributed by atoms with Crippen molar-refractivity contribution in [3.05, 3.63) is 48.5 Å². The van der Waals surface area contributed by atoms with Crippen LogP contribution < -0.4 is 15.5 Å². The maximum absolute atomic E-state index is 11.8. The van der Waals surface area contributed by atoms with E-state index in [-0.39, 0.29) is 18.3 Å². The van der Waals surface area contributed by atoms with E-state index in [1.54, 1.807) is 7.11 Å². The molecule has 0 radical (unpaired) electrons. The second-order valence-corrected chi connectivity index (χ2v) is 7.15. The fourth-order valence-corrected chi connectivity index (χ4v) is 4.02. The van der Waals surface area contributed by atoms with Crippen LogP contribution in [0.1, 0.15) is 6.42 Å². The molecule has 0 unspecified atom stereocenters. The lowest BCUT2D eigenvalue weighted by molar-refractivity contribution is -0.120. The molecule has 2 aromatic rings. The minimum Gasteiger partial charge on any atom is -0.383 e. The summed E-state index contributed by atoms with van der Waals surface area (Å²) in [6, 6.07) is 17.0. The molecule has 0 aliphatic carbocycles. The summed E-state index contributed by atoms with van der Waals surface area (Å²) in [5.41, 5.74) is 2.48. The maximum Gasteiger partial charge on any atom is 0.233 e. The molecule has 7 heteroatoms. The van der Waals surface area contributed by atoms with E-state index in [1.807, 2.05) is 11.8 Å². The van der Waals surface area contributed by atoms with Crippen molar-refractivity contribution in [1.82, 2.24) is 10.6 Å². The number of para-hydroxylation sites is 2. The molecular formula is C20H26ClN3O2S. The van der Waals surface area contributed by atoms with Crippen LogP contribution in [0.4, 0.5) is 11.4 Å². The molecule has 146 valence electrons. The number of rotatable bonds is 9. The molecule has 0 fully saturated rings. The Morgan fingerprint density at radius 1 is 1.04 bits per heavy atom. The smallest absolute Gasteiger partial charge is 0.233 e. The van der Waals surface area contributed by atoms with E-state index < -0.39 is 0 Å². The summed E-state index contributed by atoms with van der Waals surface area (Å²) in [5, 5.41) is 6.03. The Hall–Kier alpha value is -1.73. The number of nitrogens with zero attached hydrogens (tertiary/aromatic N) is 1. The molecule has 1 aliphatic heterocycles. The molecule has 1 heterocycles. The van der Waals surface area contributed by atoms with E-state index in [0.717, 1.165) is 13.0 Å². The van der Waals surface area contributed by atoms with E-state index in [1.165, 1.54) is 21.2 Å². The second kappa shape index (κ2) is 11.2. The summed E-state index contributed by atoms with van der Waals surface area (Å²) in [6.07, 6.45) is 0.886. The number of halogens is 1. The molecule has 1 aliphatic rings. The highest BCUT2D eigenvalue weighted by molar-refractivity contribution is 7.99. The number of nitrogens with one attached hydrogen (secondary N) is 2. The van der Waals surface area contributed by atoms with Crippen molar-refractivity contribution >= 4 is 41.5 Å². The van der Waals surface area contributed by atoms with Crippen LogP contribution in [0.3, 0.4) is 0 Å². The van der Waals surface area contributed by atoms with Crippen LogP contribution in [0.2, 0.25) is 0 Å². The molecule has 0 spiro atoms. The Bertz CT molecular complexity index is 699. The van der Waals surface area contributed by atoms with Crippen LogP contribution in [-0.2, 0) is 9.53 Å². The van der Waals surface area contributed by atoms with Gasteiger partial charge in [0, 0.05) is 36.5 Å². The van der Waals surface area contributed by atoms with Gasteiger partial charge in [0.15, 0.2) is 0 Å². The van der Waals surface area contributed by atoms with Crippen LogP contribution in [0.15, 0.2) is 58.3 Å². The van der Waals surface area contributed by atoms with Crippen LogP contribution in [0, 0.1) is 0 Å². The second-order valence-electron chi connectivity index (χ2n) is 6.06. The monoisotopic (exact) mass is 407 g/mol. The average molecular weight is 408 g/mol. The molecule has 2 N–H and O–H groups in total. The maximum atomic E-state index is 11.8. The third-order valence-electron chi connectivity index (χ3n) is 4.18. The number of amides is 1. The van der Waals surface area contributed by atoms with E-state index in [4.69, 9.17) is 4.74 Å². The first-order valence-corrected chi connectivity index (χ1v) is 9.71. The number of benzene rings is 2. The highest BCUT2D eigenvalue weighted by Crippen LogP contribution is 2.47. The predicted octanol–water partition coefficient (Wildman–Crippen LogP) is 3.45. The predicted molar refractivity (Wildman–Crippen MR) is 114 cm³/mol. The normalized spacial score (nSPS) is 12.0. The largest absolute Gasteiger partial charge is 0.383 e. The van der Waals surface area contributed by atoms with Gasteiger partial charge in [-0.3, -0.25) is 4.79 Å². The molecule has 0 saturated heterocycles. The number of carbonyl (C=O) groups is 1. The lowest BCUT2D eigenvalue weighted by atomic mass is 10.2. The van der Waals surface area contributed by atoms with E-state index in [0.29, 0.717) is 26.2 Å². The topological polar surface area (TPSA) is 53.6 Å². The zero-order valence-electron chi connectivity index (χ0n) is 15.4. The highest BCUT2D eigenvalue weighted by Gasteiger charge is 2.22. The zero-order valence-corrected chi connectivity index (χ0v) is 17.1. The van der Waals surface area contributed by atoms with Gasteiger partial charge in [-0.1, -0.05) is 36.0 Å². The van der Waals surface area contributed by atoms with Gasteiger partial charge >= 0.3 is 0 Å². The van der Waals surface area contributed by atoms with Crippen molar-refractivity contribution in [2.24, 2.45) is 0 Å². The van der Waals surface area contributed by atoms with Gasteiger partial charge in [0.05, 0.1) is 24.5 Å². The van der Waals surface area contributed by atoms with Crippen LogP contribution in [0.25, 0.3) is 0 Å². The quantitative estimate of drug-likeness (QED) is 0.623. The van der Waals surface area contributed by atoms with E-state index in [2.05, 4.69) is 64.1 Å². The van der Waals surface area contributed by atoms with Crippen LogP contribution in [-0.4, -0.2) is 45.8 Å². The molecule has 2 aromatic carbocycles. The van der Waals surface area contributed by atoms with Crippen molar-refractivity contribution in [3.8, 4) is 0 Å². The SMILES string of the molecule is COCCNCC(=O)NCCCN1c2ccccc2Sc2ccccc21.Cl. The number of hydrogen-bond donors (Lipinski definition) is 2. The molecular weight excluding hydrogens is 382 g/mol. The van der Waals surface area contributed by atoms with E-state index in [9.17, 15) is 4.79 Å². The molecule has 0 atom stereocenters. The van der Waals surface area contributed by atoms with Gasteiger partial charge < -0.3 is 20.3 Å². The molecule has 5 nitrogen and oxygen atoms in total. The van der Waals surface area contributed by atoms with Gasteiger partial charge in [0.2, 0.25) is 5.91 Å². The summed E-state index contributed by atoms with van der Waals surface area (Å²) in [4.78, 5) is 16.7. The summed E-state index contributed by atoms with van der Waals surface area (Å²) < 4.78 is 4.95. The van der Waals surface area contributed by atoms with Crippen LogP contribution >= 0.6 is 24.2 Å². The lowest BCUT2D eigenvalue weighted by Crippen LogP contribution is -2.36. The molecule has 0 aromatic heterocycles. The third-order valence-corrected chi connectivity index (χ3v) is 5.31. The number of ether oxygens (including phenoxy) is 1. The van der Waals surface area contributed by atoms with Crippen molar-refractivity contribution < 1.29 is 9.53 Å². The highest BCUT2D eigenvalue weighted by atomic mass is 35.5. The van der Waals surface area contributed by atoms with Crippen molar-refractivity contribution in [3.63, 3.8) is 0 Å². The molecule has 3 rings (SSSR count). The Kier molecular flexibility index (Phi) is 8.94. The minimum atomic E-state index is 0.